The van der Waals surface area contributed by atoms with Crippen LogP contribution in [0.1, 0.15) is 11.7 Å². The van der Waals surface area contributed by atoms with Crippen LogP contribution in [0.15, 0.2) is 28.8 Å². The number of benzene rings is 1. The Kier molecular flexibility index (Phi) is 5.26. The molecule has 0 spiro atoms. The van der Waals surface area contributed by atoms with Crippen LogP contribution in [0.4, 0.5) is 5.69 Å². The fraction of sp³-hybridized carbons (Fsp3) is 0.308. The Hall–Kier alpha value is -1.96. The number of aromatic nitrogens is 2. The van der Waals surface area contributed by atoms with Crippen molar-refractivity contribution in [1.82, 2.24) is 15.0 Å². The number of carbonyl (C=O) groups excluding carboxylic acids is 1. The lowest BCUT2D eigenvalue weighted by molar-refractivity contribution is -0.117. The van der Waals surface area contributed by atoms with E-state index >= 15 is 0 Å². The minimum Gasteiger partial charge on any atom is -0.338 e. The molecule has 0 bridgehead atoms. The van der Waals surface area contributed by atoms with Crippen LogP contribution in [0.5, 0.6) is 0 Å². The van der Waals surface area contributed by atoms with Gasteiger partial charge < -0.3 is 15.6 Å². The molecule has 2 aromatic rings. The molecule has 0 radical (unpaired) electrons. The van der Waals surface area contributed by atoms with Gasteiger partial charge in [0, 0.05) is 10.7 Å². The van der Waals surface area contributed by atoms with Crippen LogP contribution in [0.3, 0.4) is 0 Å². The predicted molar refractivity (Wildman–Crippen MR) is 78.6 cm³/mol. The van der Waals surface area contributed by atoms with Gasteiger partial charge in [0.1, 0.15) is 0 Å². The summed E-state index contributed by atoms with van der Waals surface area (Å²) >= 11 is 5.86. The number of carbonyl (C=O) groups is 1. The second-order valence-corrected chi connectivity index (χ2v) is 4.98. The standard InChI is InChI=1S/C13H16ClN5O2/c1-19(7-11-17-13(6-15)21-18-11)8-12(20)16-10-4-2-3-9(14)5-10/h2-5H,6-8,15H2,1H3,(H,16,20). The molecule has 1 aromatic heterocycles. The minimum atomic E-state index is -0.151. The Labute approximate surface area is 127 Å². The highest BCUT2D eigenvalue weighted by atomic mass is 35.5. The number of amides is 1. The number of rotatable bonds is 6. The quantitative estimate of drug-likeness (QED) is 0.833. The zero-order chi connectivity index (χ0) is 15.2. The van der Waals surface area contributed by atoms with Gasteiger partial charge >= 0.3 is 0 Å². The zero-order valence-corrected chi connectivity index (χ0v) is 12.3. The highest BCUT2D eigenvalue weighted by Crippen LogP contribution is 2.14. The molecule has 2 rings (SSSR count). The Bertz CT molecular complexity index is 616. The van der Waals surface area contributed by atoms with E-state index in [0.717, 1.165) is 0 Å². The number of nitrogens with two attached hydrogens (primary N) is 1. The summed E-state index contributed by atoms with van der Waals surface area (Å²) in [6, 6.07) is 6.98. The van der Waals surface area contributed by atoms with Crippen LogP contribution >= 0.6 is 11.6 Å². The number of nitrogens with one attached hydrogen (secondary N) is 1. The molecule has 0 fully saturated rings. The normalized spacial score (nSPS) is 10.9. The molecule has 112 valence electrons. The van der Waals surface area contributed by atoms with Gasteiger partial charge in [-0.15, -0.1) is 0 Å². The Morgan fingerprint density at radius 2 is 2.33 bits per heavy atom. The molecule has 0 atom stereocenters. The third kappa shape index (κ3) is 4.82. The first-order valence-corrected chi connectivity index (χ1v) is 6.70. The summed E-state index contributed by atoms with van der Waals surface area (Å²) in [6.45, 7) is 0.789. The number of anilines is 1. The van der Waals surface area contributed by atoms with E-state index in [1.165, 1.54) is 0 Å². The van der Waals surface area contributed by atoms with E-state index in [2.05, 4.69) is 15.5 Å². The molecule has 8 heteroatoms. The van der Waals surface area contributed by atoms with E-state index in [1.54, 1.807) is 36.2 Å². The van der Waals surface area contributed by atoms with Gasteiger partial charge in [-0.2, -0.15) is 4.98 Å². The predicted octanol–water partition coefficient (Wildman–Crippen LogP) is 1.25. The molecule has 3 N–H and O–H groups in total. The number of nitrogens with zero attached hydrogens (tertiary/aromatic N) is 3. The van der Waals surface area contributed by atoms with Crippen molar-refractivity contribution >= 4 is 23.2 Å². The molecule has 0 aliphatic heterocycles. The van der Waals surface area contributed by atoms with Crippen molar-refractivity contribution in [2.24, 2.45) is 5.73 Å². The number of halogens is 1. The Morgan fingerprint density at radius 3 is 3.00 bits per heavy atom. The third-order valence-corrected chi connectivity index (χ3v) is 2.85. The van der Waals surface area contributed by atoms with Crippen molar-refractivity contribution in [3.63, 3.8) is 0 Å². The number of likely N-dealkylation sites (N-methyl/N-ethyl adjacent to an activating group) is 1. The summed E-state index contributed by atoms with van der Waals surface area (Å²) in [4.78, 5) is 17.8. The lowest BCUT2D eigenvalue weighted by atomic mass is 10.3. The van der Waals surface area contributed by atoms with Crippen LogP contribution in [0, 0.1) is 0 Å². The molecule has 1 aromatic carbocycles. The molecule has 1 heterocycles. The largest absolute Gasteiger partial charge is 0.338 e. The summed E-state index contributed by atoms with van der Waals surface area (Å²) in [5.74, 6) is 0.720. The van der Waals surface area contributed by atoms with E-state index in [1.807, 2.05) is 0 Å². The maximum absolute atomic E-state index is 11.9. The fourth-order valence-electron chi connectivity index (χ4n) is 1.75. The molecule has 0 unspecified atom stereocenters. The van der Waals surface area contributed by atoms with Gasteiger partial charge in [-0.3, -0.25) is 9.69 Å². The number of hydrogen-bond acceptors (Lipinski definition) is 6. The van der Waals surface area contributed by atoms with Crippen molar-refractivity contribution in [3.8, 4) is 0 Å². The van der Waals surface area contributed by atoms with E-state index in [9.17, 15) is 4.79 Å². The average molecular weight is 310 g/mol. The van der Waals surface area contributed by atoms with Crippen molar-refractivity contribution < 1.29 is 9.32 Å². The van der Waals surface area contributed by atoms with Crippen LogP contribution in [-0.4, -0.2) is 34.5 Å². The molecule has 0 aliphatic carbocycles. The Morgan fingerprint density at radius 1 is 1.52 bits per heavy atom. The topological polar surface area (TPSA) is 97.3 Å². The van der Waals surface area contributed by atoms with Gasteiger partial charge in [0.2, 0.25) is 11.8 Å². The lowest BCUT2D eigenvalue weighted by Crippen LogP contribution is -2.30. The maximum Gasteiger partial charge on any atom is 0.240 e. The van der Waals surface area contributed by atoms with E-state index < -0.39 is 0 Å². The van der Waals surface area contributed by atoms with Gasteiger partial charge in [-0.1, -0.05) is 22.8 Å². The highest BCUT2D eigenvalue weighted by molar-refractivity contribution is 6.30. The van der Waals surface area contributed by atoms with Crippen LogP contribution in [0.2, 0.25) is 5.02 Å². The molecular formula is C13H16ClN5O2. The lowest BCUT2D eigenvalue weighted by Gasteiger charge is -2.14. The molecule has 1 amide bonds. The molecule has 7 nitrogen and oxygen atoms in total. The van der Waals surface area contributed by atoms with Crippen molar-refractivity contribution in [3.05, 3.63) is 41.0 Å². The van der Waals surface area contributed by atoms with Crippen LogP contribution < -0.4 is 11.1 Å². The molecule has 0 saturated carbocycles. The summed E-state index contributed by atoms with van der Waals surface area (Å²) in [5.41, 5.74) is 6.05. The second kappa shape index (κ2) is 7.16. The Balaban J connectivity index is 1.84. The zero-order valence-electron chi connectivity index (χ0n) is 11.5. The molecular weight excluding hydrogens is 294 g/mol. The first-order chi connectivity index (χ1) is 10.1. The van der Waals surface area contributed by atoms with Crippen molar-refractivity contribution in [2.45, 2.75) is 13.1 Å². The molecule has 0 aliphatic rings. The first-order valence-electron chi connectivity index (χ1n) is 6.32. The summed E-state index contributed by atoms with van der Waals surface area (Å²) < 4.78 is 4.90. The van der Waals surface area contributed by atoms with Crippen LogP contribution in [0.25, 0.3) is 0 Å². The van der Waals surface area contributed by atoms with Crippen LogP contribution in [-0.2, 0) is 17.9 Å². The SMILES string of the molecule is CN(CC(=O)Nc1cccc(Cl)c1)Cc1noc(CN)n1. The third-order valence-electron chi connectivity index (χ3n) is 2.62. The smallest absolute Gasteiger partial charge is 0.240 e. The summed E-state index contributed by atoms with van der Waals surface area (Å²) in [6.07, 6.45) is 0. The maximum atomic E-state index is 11.9. The highest BCUT2D eigenvalue weighted by Gasteiger charge is 2.11. The van der Waals surface area contributed by atoms with Gasteiger partial charge in [0.05, 0.1) is 19.6 Å². The summed E-state index contributed by atoms with van der Waals surface area (Å²) in [5, 5.41) is 7.11. The number of hydrogen-bond donors (Lipinski definition) is 2. The van der Waals surface area contributed by atoms with E-state index in [0.29, 0.717) is 29.0 Å². The first kappa shape index (κ1) is 15.4. The second-order valence-electron chi connectivity index (χ2n) is 4.54. The van der Waals surface area contributed by atoms with Gasteiger partial charge in [0.25, 0.3) is 0 Å². The average Bonchev–Trinajstić information content (AvgIpc) is 2.85. The monoisotopic (exact) mass is 309 g/mol. The van der Waals surface area contributed by atoms with Gasteiger partial charge in [-0.25, -0.2) is 0 Å². The molecule has 21 heavy (non-hydrogen) atoms. The van der Waals surface area contributed by atoms with Gasteiger partial charge in [-0.05, 0) is 25.2 Å². The van der Waals surface area contributed by atoms with E-state index in [-0.39, 0.29) is 19.0 Å². The van der Waals surface area contributed by atoms with Crippen molar-refractivity contribution in [1.29, 1.82) is 0 Å². The van der Waals surface area contributed by atoms with E-state index in [4.69, 9.17) is 21.9 Å². The fourth-order valence-corrected chi connectivity index (χ4v) is 1.94. The van der Waals surface area contributed by atoms with Gasteiger partial charge in [0.15, 0.2) is 5.82 Å². The summed E-state index contributed by atoms with van der Waals surface area (Å²) in [7, 11) is 1.79. The minimum absolute atomic E-state index is 0.151. The van der Waals surface area contributed by atoms with Crippen molar-refractivity contribution in [2.75, 3.05) is 18.9 Å². The molecule has 0 saturated heterocycles.